The van der Waals surface area contributed by atoms with Crippen molar-refractivity contribution in [1.82, 2.24) is 14.5 Å². The number of pyridine rings is 1. The predicted molar refractivity (Wildman–Crippen MR) is 72.9 cm³/mol. The van der Waals surface area contributed by atoms with Gasteiger partial charge in [0, 0.05) is 13.2 Å². The Labute approximate surface area is 114 Å². The van der Waals surface area contributed by atoms with Crippen LogP contribution < -0.4 is 0 Å². The number of benzene rings is 1. The van der Waals surface area contributed by atoms with Crippen LogP contribution in [0, 0.1) is 5.82 Å². The molecule has 3 aromatic rings. The molecule has 5 heteroatoms. The van der Waals surface area contributed by atoms with Crippen LogP contribution in [0.25, 0.3) is 11.0 Å². The van der Waals surface area contributed by atoms with Gasteiger partial charge in [0.2, 0.25) is 0 Å². The zero-order chi connectivity index (χ0) is 14.1. The van der Waals surface area contributed by atoms with Crippen molar-refractivity contribution in [1.29, 1.82) is 0 Å². The molecule has 0 atom stereocenters. The smallest absolute Gasteiger partial charge is 0.191 e. The maximum Gasteiger partial charge on any atom is 0.191 e. The van der Waals surface area contributed by atoms with E-state index in [2.05, 4.69) is 9.97 Å². The number of rotatable bonds is 3. The highest BCUT2D eigenvalue weighted by Crippen LogP contribution is 2.16. The van der Waals surface area contributed by atoms with Crippen LogP contribution in [-0.4, -0.2) is 20.3 Å². The summed E-state index contributed by atoms with van der Waals surface area (Å²) in [4.78, 5) is 20.3. The molecule has 2 aromatic heterocycles. The summed E-state index contributed by atoms with van der Waals surface area (Å²) >= 11 is 0. The molecular weight excluding hydrogens is 257 g/mol. The summed E-state index contributed by atoms with van der Waals surface area (Å²) in [6.45, 7) is 0. The van der Waals surface area contributed by atoms with Crippen molar-refractivity contribution < 1.29 is 9.18 Å². The third kappa shape index (κ3) is 2.07. The van der Waals surface area contributed by atoms with E-state index in [9.17, 15) is 9.18 Å². The minimum atomic E-state index is -0.601. The van der Waals surface area contributed by atoms with Gasteiger partial charge in [-0.15, -0.1) is 0 Å². The van der Waals surface area contributed by atoms with Gasteiger partial charge in [0.05, 0.1) is 17.5 Å². The number of hydrogen-bond donors (Lipinski definition) is 0. The Morgan fingerprint density at radius 3 is 2.80 bits per heavy atom. The van der Waals surface area contributed by atoms with Crippen molar-refractivity contribution in [2.45, 2.75) is 6.42 Å². The molecule has 0 aliphatic rings. The van der Waals surface area contributed by atoms with E-state index in [1.807, 2.05) is 35.9 Å². The molecule has 0 N–H and O–H groups in total. The number of aryl methyl sites for hydroxylation is 1. The molecule has 0 saturated heterocycles. The maximum absolute atomic E-state index is 13.5. The molecule has 0 saturated carbocycles. The maximum atomic E-state index is 13.5. The topological polar surface area (TPSA) is 47.8 Å². The van der Waals surface area contributed by atoms with Crippen molar-refractivity contribution >= 4 is 16.8 Å². The van der Waals surface area contributed by atoms with Crippen LogP contribution in [0.15, 0.2) is 42.6 Å². The lowest BCUT2D eigenvalue weighted by Crippen LogP contribution is -2.11. The number of hydrogen-bond acceptors (Lipinski definition) is 3. The highest BCUT2D eigenvalue weighted by atomic mass is 19.1. The van der Waals surface area contributed by atoms with Crippen molar-refractivity contribution in [3.8, 4) is 0 Å². The summed E-state index contributed by atoms with van der Waals surface area (Å²) in [6.07, 6.45) is 1.43. The molecule has 2 heterocycles. The predicted octanol–water partition coefficient (Wildman–Crippen LogP) is 2.53. The molecule has 20 heavy (non-hydrogen) atoms. The lowest BCUT2D eigenvalue weighted by Gasteiger charge is -2.02. The van der Waals surface area contributed by atoms with E-state index in [1.54, 1.807) is 0 Å². The largest absolute Gasteiger partial charge is 0.331 e. The molecule has 0 amide bonds. The third-order valence-corrected chi connectivity index (χ3v) is 3.22. The van der Waals surface area contributed by atoms with Gasteiger partial charge in [-0.3, -0.25) is 9.78 Å². The zero-order valence-electron chi connectivity index (χ0n) is 10.9. The van der Waals surface area contributed by atoms with E-state index in [1.165, 1.54) is 18.3 Å². The van der Waals surface area contributed by atoms with Gasteiger partial charge in [-0.25, -0.2) is 9.37 Å². The number of ketones is 1. The molecule has 3 rings (SSSR count). The Morgan fingerprint density at radius 1 is 1.25 bits per heavy atom. The zero-order valence-corrected chi connectivity index (χ0v) is 10.9. The summed E-state index contributed by atoms with van der Waals surface area (Å²) in [5, 5.41) is 0. The van der Waals surface area contributed by atoms with Gasteiger partial charge in [-0.2, -0.15) is 0 Å². The second-order valence-electron chi connectivity index (χ2n) is 4.51. The van der Waals surface area contributed by atoms with Crippen LogP contribution in [0.3, 0.4) is 0 Å². The van der Waals surface area contributed by atoms with Gasteiger partial charge >= 0.3 is 0 Å². The Hall–Kier alpha value is -2.56. The Kier molecular flexibility index (Phi) is 3.02. The number of halogens is 1. The molecule has 0 aliphatic carbocycles. The van der Waals surface area contributed by atoms with Crippen LogP contribution >= 0.6 is 0 Å². The highest BCUT2D eigenvalue weighted by Gasteiger charge is 2.17. The highest BCUT2D eigenvalue weighted by molar-refractivity contribution is 5.96. The molecule has 0 aliphatic heterocycles. The number of nitrogens with zero attached hydrogens (tertiary/aromatic N) is 3. The van der Waals surface area contributed by atoms with Gasteiger partial charge in [-0.05, 0) is 24.3 Å². The quantitative estimate of drug-likeness (QED) is 0.686. The molecule has 0 spiro atoms. The van der Waals surface area contributed by atoms with Crippen molar-refractivity contribution in [3.05, 3.63) is 59.9 Å². The average Bonchev–Trinajstić information content (AvgIpc) is 2.76. The monoisotopic (exact) mass is 269 g/mol. The van der Waals surface area contributed by atoms with Crippen LogP contribution in [0.5, 0.6) is 0 Å². The van der Waals surface area contributed by atoms with Gasteiger partial charge < -0.3 is 4.57 Å². The van der Waals surface area contributed by atoms with E-state index in [0.717, 1.165) is 11.0 Å². The molecule has 0 radical (unpaired) electrons. The van der Waals surface area contributed by atoms with Crippen molar-refractivity contribution in [2.24, 2.45) is 7.05 Å². The number of carbonyl (C=O) groups excluding carboxylic acids is 1. The minimum absolute atomic E-state index is 0.0269. The molecule has 1 aromatic carbocycles. The van der Waals surface area contributed by atoms with Crippen LogP contribution in [0.1, 0.15) is 16.3 Å². The first-order chi connectivity index (χ1) is 9.66. The molecule has 0 fully saturated rings. The van der Waals surface area contributed by atoms with E-state index in [4.69, 9.17) is 0 Å². The summed E-state index contributed by atoms with van der Waals surface area (Å²) in [5.74, 6) is -0.376. The SMILES string of the molecule is Cn1c(CC(=O)c2ncccc2F)nc2ccccc21. The Bertz CT molecular complexity index is 795. The van der Waals surface area contributed by atoms with Crippen molar-refractivity contribution in [3.63, 3.8) is 0 Å². The fourth-order valence-corrected chi connectivity index (χ4v) is 2.17. The number of carbonyl (C=O) groups is 1. The minimum Gasteiger partial charge on any atom is -0.331 e. The first kappa shape index (κ1) is 12.5. The van der Waals surface area contributed by atoms with Gasteiger partial charge in [0.1, 0.15) is 11.5 Å². The number of fused-ring (bicyclic) bond motifs is 1. The average molecular weight is 269 g/mol. The molecule has 100 valence electrons. The fraction of sp³-hybridized carbons (Fsp3) is 0.133. The normalized spacial score (nSPS) is 10.9. The van der Waals surface area contributed by atoms with Crippen LogP contribution in [0.4, 0.5) is 4.39 Å². The summed E-state index contributed by atoms with van der Waals surface area (Å²) in [5.41, 5.74) is 1.62. The van der Waals surface area contributed by atoms with E-state index >= 15 is 0 Å². The van der Waals surface area contributed by atoms with E-state index in [0.29, 0.717) is 5.82 Å². The molecular formula is C15H12FN3O. The van der Waals surface area contributed by atoms with E-state index < -0.39 is 5.82 Å². The third-order valence-electron chi connectivity index (χ3n) is 3.22. The Morgan fingerprint density at radius 2 is 2.05 bits per heavy atom. The lowest BCUT2D eigenvalue weighted by molar-refractivity contribution is 0.0981. The van der Waals surface area contributed by atoms with Gasteiger partial charge in [0.25, 0.3) is 0 Å². The van der Waals surface area contributed by atoms with E-state index in [-0.39, 0.29) is 17.9 Å². The molecule has 0 unspecified atom stereocenters. The first-order valence-electron chi connectivity index (χ1n) is 6.21. The summed E-state index contributed by atoms with van der Waals surface area (Å²) in [7, 11) is 1.84. The molecule has 4 nitrogen and oxygen atoms in total. The molecule has 0 bridgehead atoms. The van der Waals surface area contributed by atoms with Gasteiger partial charge in [-0.1, -0.05) is 12.1 Å². The van der Waals surface area contributed by atoms with Gasteiger partial charge in [0.15, 0.2) is 11.6 Å². The summed E-state index contributed by atoms with van der Waals surface area (Å²) in [6, 6.07) is 10.3. The first-order valence-corrected chi connectivity index (χ1v) is 6.21. The van der Waals surface area contributed by atoms with Crippen molar-refractivity contribution in [2.75, 3.05) is 0 Å². The fourth-order valence-electron chi connectivity index (χ4n) is 2.17. The summed E-state index contributed by atoms with van der Waals surface area (Å²) < 4.78 is 15.4. The lowest BCUT2D eigenvalue weighted by atomic mass is 10.2. The number of para-hydroxylation sites is 2. The second-order valence-corrected chi connectivity index (χ2v) is 4.51. The van der Waals surface area contributed by atoms with Crippen LogP contribution in [0.2, 0.25) is 0 Å². The number of imidazole rings is 1. The second kappa shape index (κ2) is 4.85. The standard InChI is InChI=1S/C15H12FN3O/c1-19-12-7-3-2-6-11(12)18-14(19)9-13(20)15-10(16)5-4-8-17-15/h2-8H,9H2,1H3. The van der Waals surface area contributed by atoms with Crippen LogP contribution in [-0.2, 0) is 13.5 Å². The Balaban J connectivity index is 1.96. The number of Topliss-reactive ketones (excluding diaryl/α,β-unsaturated/α-hetero) is 1. The number of aromatic nitrogens is 3.